The smallest absolute Gasteiger partial charge is 0.219 e. The first-order valence-electron chi connectivity index (χ1n) is 6.62. The molecule has 110 valence electrons. The Morgan fingerprint density at radius 2 is 1.81 bits per heavy atom. The van der Waals surface area contributed by atoms with E-state index in [0.717, 1.165) is 5.56 Å². The third-order valence-electron chi connectivity index (χ3n) is 3.13. The monoisotopic (exact) mass is 342 g/mol. The van der Waals surface area contributed by atoms with E-state index in [1.165, 1.54) is 12.8 Å². The molecule has 0 unspecified atom stereocenters. The number of rotatable bonds is 5. The lowest BCUT2D eigenvalue weighted by Crippen LogP contribution is -2.15. The number of nitrogens with zero attached hydrogens (tertiary/aromatic N) is 1. The number of halogens is 3. The molecular formula is C15H13Cl3N2O. The molecule has 0 radical (unpaired) electrons. The van der Waals surface area contributed by atoms with Crippen LogP contribution in [0, 0.1) is 0 Å². The molecule has 2 aromatic rings. The molecule has 3 rings (SSSR count). The van der Waals surface area contributed by atoms with E-state index >= 15 is 0 Å². The standard InChI is InChI=1S/C15H13Cl3N2O/c16-10-4-11(17)6-13(5-10)21-15-3-9(14(18)8-20-15)7-19-12-1-2-12/h3-6,8,12,19H,1-2,7H2. The number of benzene rings is 1. The molecule has 0 atom stereocenters. The number of aromatic nitrogens is 1. The van der Waals surface area contributed by atoms with Gasteiger partial charge in [-0.1, -0.05) is 34.8 Å². The molecule has 0 amide bonds. The minimum atomic E-state index is 0.463. The van der Waals surface area contributed by atoms with E-state index in [1.807, 2.05) is 6.07 Å². The van der Waals surface area contributed by atoms with Crippen LogP contribution in [0.5, 0.6) is 11.6 Å². The predicted molar refractivity (Wildman–Crippen MR) is 85.6 cm³/mol. The van der Waals surface area contributed by atoms with Crippen molar-refractivity contribution in [3.63, 3.8) is 0 Å². The lowest BCUT2D eigenvalue weighted by molar-refractivity contribution is 0.462. The second kappa shape index (κ2) is 6.41. The lowest BCUT2D eigenvalue weighted by atomic mass is 10.2. The first-order valence-corrected chi connectivity index (χ1v) is 7.75. The van der Waals surface area contributed by atoms with Gasteiger partial charge in [0.05, 0.1) is 5.02 Å². The van der Waals surface area contributed by atoms with Crippen LogP contribution in [0.1, 0.15) is 18.4 Å². The largest absolute Gasteiger partial charge is 0.439 e. The summed E-state index contributed by atoms with van der Waals surface area (Å²) < 4.78 is 5.69. The van der Waals surface area contributed by atoms with Crippen LogP contribution < -0.4 is 10.1 Å². The van der Waals surface area contributed by atoms with Crippen LogP contribution in [0.15, 0.2) is 30.5 Å². The third-order valence-corrected chi connectivity index (χ3v) is 3.90. The zero-order valence-corrected chi connectivity index (χ0v) is 13.3. The van der Waals surface area contributed by atoms with Crippen molar-refractivity contribution in [3.05, 3.63) is 51.1 Å². The Bertz CT molecular complexity index is 639. The van der Waals surface area contributed by atoms with E-state index < -0.39 is 0 Å². The highest BCUT2D eigenvalue weighted by molar-refractivity contribution is 6.34. The highest BCUT2D eigenvalue weighted by Gasteiger charge is 2.20. The number of nitrogens with one attached hydrogen (secondary N) is 1. The van der Waals surface area contributed by atoms with Crippen LogP contribution in [0.3, 0.4) is 0 Å². The van der Waals surface area contributed by atoms with Gasteiger partial charge in [0.15, 0.2) is 0 Å². The van der Waals surface area contributed by atoms with Gasteiger partial charge in [0.25, 0.3) is 0 Å². The van der Waals surface area contributed by atoms with Gasteiger partial charge < -0.3 is 10.1 Å². The maximum absolute atomic E-state index is 6.15. The molecule has 1 aromatic heterocycles. The molecule has 1 aliphatic rings. The van der Waals surface area contributed by atoms with Crippen molar-refractivity contribution in [2.24, 2.45) is 0 Å². The van der Waals surface area contributed by atoms with Crippen molar-refractivity contribution in [2.75, 3.05) is 0 Å². The Kier molecular flexibility index (Phi) is 4.55. The molecule has 0 spiro atoms. The van der Waals surface area contributed by atoms with Crippen molar-refractivity contribution in [1.29, 1.82) is 0 Å². The zero-order chi connectivity index (χ0) is 14.8. The Balaban J connectivity index is 1.76. The molecule has 6 heteroatoms. The lowest BCUT2D eigenvalue weighted by Gasteiger charge is -2.09. The molecule has 1 heterocycles. The summed E-state index contributed by atoms with van der Waals surface area (Å²) in [6, 6.07) is 7.46. The molecule has 21 heavy (non-hydrogen) atoms. The van der Waals surface area contributed by atoms with Gasteiger partial charge in [-0.2, -0.15) is 0 Å². The molecule has 1 saturated carbocycles. The van der Waals surface area contributed by atoms with Crippen molar-refractivity contribution >= 4 is 34.8 Å². The third kappa shape index (κ3) is 4.24. The first kappa shape index (κ1) is 14.9. The van der Waals surface area contributed by atoms with E-state index in [9.17, 15) is 0 Å². The molecule has 1 fully saturated rings. The SMILES string of the molecule is Clc1cc(Cl)cc(Oc2cc(CNC3CC3)c(Cl)cn2)c1. The fourth-order valence-corrected chi connectivity index (χ4v) is 2.58. The molecular weight excluding hydrogens is 331 g/mol. The van der Waals surface area contributed by atoms with Gasteiger partial charge in [-0.25, -0.2) is 4.98 Å². The summed E-state index contributed by atoms with van der Waals surface area (Å²) >= 11 is 18.1. The highest BCUT2D eigenvalue weighted by atomic mass is 35.5. The average molecular weight is 344 g/mol. The van der Waals surface area contributed by atoms with Crippen molar-refractivity contribution in [2.45, 2.75) is 25.4 Å². The van der Waals surface area contributed by atoms with Crippen LogP contribution in [-0.2, 0) is 6.54 Å². The number of hydrogen-bond acceptors (Lipinski definition) is 3. The zero-order valence-electron chi connectivity index (χ0n) is 11.1. The Morgan fingerprint density at radius 3 is 2.48 bits per heavy atom. The van der Waals surface area contributed by atoms with Crippen molar-refractivity contribution in [1.82, 2.24) is 10.3 Å². The molecule has 1 N–H and O–H groups in total. The average Bonchev–Trinajstić information content (AvgIpc) is 3.22. The fourth-order valence-electron chi connectivity index (χ4n) is 1.90. The number of ether oxygens (including phenoxy) is 1. The summed E-state index contributed by atoms with van der Waals surface area (Å²) in [6.07, 6.45) is 4.05. The summed E-state index contributed by atoms with van der Waals surface area (Å²) in [5, 5.41) is 5.07. The van der Waals surface area contributed by atoms with Crippen molar-refractivity contribution in [3.8, 4) is 11.6 Å². The number of hydrogen-bond donors (Lipinski definition) is 1. The molecule has 3 nitrogen and oxygen atoms in total. The van der Waals surface area contributed by atoms with Gasteiger partial charge in [-0.05, 0) is 36.6 Å². The quantitative estimate of drug-likeness (QED) is 0.821. The molecule has 0 saturated heterocycles. The summed E-state index contributed by atoms with van der Waals surface area (Å²) in [6.45, 7) is 0.707. The van der Waals surface area contributed by atoms with Crippen molar-refractivity contribution < 1.29 is 4.74 Å². The van der Waals surface area contributed by atoms with Crippen LogP contribution in [-0.4, -0.2) is 11.0 Å². The first-order chi connectivity index (χ1) is 10.1. The van der Waals surface area contributed by atoms with Gasteiger partial charge in [0, 0.05) is 34.9 Å². The molecule has 0 aliphatic heterocycles. The van der Waals surface area contributed by atoms with Crippen LogP contribution in [0.4, 0.5) is 0 Å². The second-order valence-electron chi connectivity index (χ2n) is 4.98. The maximum atomic E-state index is 6.15. The summed E-state index contributed by atoms with van der Waals surface area (Å²) in [4.78, 5) is 4.17. The summed E-state index contributed by atoms with van der Waals surface area (Å²) in [5.41, 5.74) is 0.960. The minimum absolute atomic E-state index is 0.463. The molecule has 1 aliphatic carbocycles. The van der Waals surface area contributed by atoms with Gasteiger partial charge in [0.2, 0.25) is 5.88 Å². The maximum Gasteiger partial charge on any atom is 0.219 e. The van der Waals surface area contributed by atoms with Crippen LogP contribution >= 0.6 is 34.8 Å². The second-order valence-corrected chi connectivity index (χ2v) is 6.26. The fraction of sp³-hybridized carbons (Fsp3) is 0.267. The summed E-state index contributed by atoms with van der Waals surface area (Å²) in [5.74, 6) is 1.01. The van der Waals surface area contributed by atoms with Gasteiger partial charge in [-0.3, -0.25) is 0 Å². The van der Waals surface area contributed by atoms with Gasteiger partial charge >= 0.3 is 0 Å². The molecule has 0 bridgehead atoms. The van der Waals surface area contributed by atoms with E-state index in [4.69, 9.17) is 39.5 Å². The van der Waals surface area contributed by atoms with Gasteiger partial charge in [0.1, 0.15) is 5.75 Å². The highest BCUT2D eigenvalue weighted by Crippen LogP contribution is 2.29. The summed E-state index contributed by atoms with van der Waals surface area (Å²) in [7, 11) is 0. The Hall–Kier alpha value is -1.00. The van der Waals surface area contributed by atoms with E-state index in [-0.39, 0.29) is 0 Å². The number of pyridine rings is 1. The van der Waals surface area contributed by atoms with Gasteiger partial charge in [-0.15, -0.1) is 0 Å². The Morgan fingerprint density at radius 1 is 1.10 bits per heavy atom. The van der Waals surface area contributed by atoms with E-state index in [1.54, 1.807) is 24.4 Å². The Labute approximate surface area is 138 Å². The van der Waals surface area contributed by atoms with Crippen LogP contribution in [0.25, 0.3) is 0 Å². The topological polar surface area (TPSA) is 34.1 Å². The molecule has 1 aromatic carbocycles. The predicted octanol–water partition coefficient (Wildman–Crippen LogP) is 5.09. The van der Waals surface area contributed by atoms with Crippen LogP contribution in [0.2, 0.25) is 15.1 Å². The normalized spacial score (nSPS) is 14.2. The minimum Gasteiger partial charge on any atom is -0.439 e. The van der Waals surface area contributed by atoms with E-state index in [0.29, 0.717) is 39.3 Å². The van der Waals surface area contributed by atoms with E-state index in [2.05, 4.69) is 10.3 Å².